The second-order valence-corrected chi connectivity index (χ2v) is 10.1. The lowest BCUT2D eigenvalue weighted by Crippen LogP contribution is -2.10. The summed E-state index contributed by atoms with van der Waals surface area (Å²) in [5, 5.41) is 9.72. The molecule has 0 unspecified atom stereocenters. The number of hydrogen-bond acceptors (Lipinski definition) is 3. The first-order valence-electron chi connectivity index (χ1n) is 13.9. The van der Waals surface area contributed by atoms with Crippen LogP contribution in [-0.2, 0) is 6.61 Å². The van der Waals surface area contributed by atoms with E-state index in [1.165, 1.54) is 5.56 Å². The summed E-state index contributed by atoms with van der Waals surface area (Å²) in [5.41, 5.74) is 10.9. The number of aliphatic hydroxyl groups excluding tert-OH is 1. The smallest absolute Gasteiger partial charge is 0.0682 e. The third kappa shape index (κ3) is 5.76. The fourth-order valence-electron chi connectivity index (χ4n) is 5.22. The Morgan fingerprint density at radius 3 is 1.29 bits per heavy atom. The minimum atomic E-state index is 0.0109. The number of para-hydroxylation sites is 2. The molecule has 0 bridgehead atoms. The van der Waals surface area contributed by atoms with Crippen molar-refractivity contribution in [1.29, 1.82) is 0 Å². The van der Waals surface area contributed by atoms with Crippen LogP contribution in [0, 0.1) is 6.92 Å². The van der Waals surface area contributed by atoms with Crippen molar-refractivity contribution in [2.75, 3.05) is 9.80 Å². The summed E-state index contributed by atoms with van der Waals surface area (Å²) >= 11 is 0. The Balaban J connectivity index is 1.32. The largest absolute Gasteiger partial charge is 0.392 e. The van der Waals surface area contributed by atoms with Crippen LogP contribution >= 0.6 is 0 Å². The zero-order valence-electron chi connectivity index (χ0n) is 23.1. The maximum absolute atomic E-state index is 9.72. The summed E-state index contributed by atoms with van der Waals surface area (Å²) in [6.07, 6.45) is 0. The molecule has 200 valence electrons. The quantitative estimate of drug-likeness (QED) is 0.211. The van der Waals surface area contributed by atoms with Gasteiger partial charge in [0.1, 0.15) is 0 Å². The molecule has 0 aliphatic rings. The van der Waals surface area contributed by atoms with Gasteiger partial charge in [-0.15, -0.1) is 0 Å². The van der Waals surface area contributed by atoms with E-state index >= 15 is 0 Å². The number of rotatable bonds is 8. The van der Waals surface area contributed by atoms with Gasteiger partial charge in [0.2, 0.25) is 0 Å². The molecule has 6 aromatic rings. The molecule has 0 atom stereocenters. The molecule has 3 nitrogen and oxygen atoms in total. The highest BCUT2D eigenvalue weighted by Gasteiger charge is 2.14. The van der Waals surface area contributed by atoms with E-state index in [0.717, 1.165) is 50.8 Å². The SMILES string of the molecule is Cc1cccc(N(c2ccccc2)c2ccc(-c3ccc(N(c4ccccc4)c4cccc(CO)c4)cc3)cc2)c1. The lowest BCUT2D eigenvalue weighted by molar-refractivity contribution is 0.282. The standard InChI is InChI=1S/C38H32N2O/c1-29-10-8-16-37(26-29)39(33-12-4-2-5-13-33)35-22-18-31(19-23-35)32-20-24-36(25-21-32)40(34-14-6-3-7-15-34)38-17-9-11-30(27-38)28-41/h2-27,41H,28H2,1H3. The van der Waals surface area contributed by atoms with Gasteiger partial charge in [-0.25, -0.2) is 0 Å². The van der Waals surface area contributed by atoms with Gasteiger partial charge in [0.15, 0.2) is 0 Å². The lowest BCUT2D eigenvalue weighted by Gasteiger charge is -2.26. The molecule has 0 fully saturated rings. The molecule has 0 aromatic heterocycles. The van der Waals surface area contributed by atoms with Gasteiger partial charge >= 0.3 is 0 Å². The number of benzene rings is 6. The van der Waals surface area contributed by atoms with Crippen LogP contribution in [0.5, 0.6) is 0 Å². The Hall–Kier alpha value is -5.12. The van der Waals surface area contributed by atoms with E-state index in [1.807, 2.05) is 42.5 Å². The third-order valence-electron chi connectivity index (χ3n) is 7.22. The van der Waals surface area contributed by atoms with Gasteiger partial charge in [0.25, 0.3) is 0 Å². The van der Waals surface area contributed by atoms with Crippen molar-refractivity contribution in [3.63, 3.8) is 0 Å². The van der Waals surface area contributed by atoms with Gasteiger partial charge in [-0.05, 0) is 102 Å². The molecule has 0 heterocycles. The Morgan fingerprint density at radius 1 is 0.415 bits per heavy atom. The molecule has 0 radical (unpaired) electrons. The first kappa shape index (κ1) is 26.1. The Labute approximate surface area is 242 Å². The monoisotopic (exact) mass is 532 g/mol. The summed E-state index contributed by atoms with van der Waals surface area (Å²) in [4.78, 5) is 4.50. The maximum Gasteiger partial charge on any atom is 0.0682 e. The molecule has 0 saturated carbocycles. The lowest BCUT2D eigenvalue weighted by atomic mass is 10.0. The van der Waals surface area contributed by atoms with Gasteiger partial charge < -0.3 is 14.9 Å². The van der Waals surface area contributed by atoms with Crippen LogP contribution in [0.25, 0.3) is 11.1 Å². The molecule has 6 rings (SSSR count). The number of aryl methyl sites for hydroxylation is 1. The normalized spacial score (nSPS) is 10.8. The topological polar surface area (TPSA) is 26.7 Å². The van der Waals surface area contributed by atoms with E-state index in [9.17, 15) is 5.11 Å². The molecule has 0 aliphatic heterocycles. The molecule has 0 saturated heterocycles. The number of hydrogen-bond donors (Lipinski definition) is 1. The van der Waals surface area contributed by atoms with Crippen LogP contribution in [-0.4, -0.2) is 5.11 Å². The third-order valence-corrected chi connectivity index (χ3v) is 7.22. The Morgan fingerprint density at radius 2 is 0.829 bits per heavy atom. The van der Waals surface area contributed by atoms with E-state index < -0.39 is 0 Å². The fraction of sp³-hybridized carbons (Fsp3) is 0.0526. The summed E-state index contributed by atoms with van der Waals surface area (Å²) in [6.45, 7) is 2.14. The van der Waals surface area contributed by atoms with Gasteiger partial charge in [0.05, 0.1) is 6.61 Å². The van der Waals surface area contributed by atoms with Crippen LogP contribution in [0.15, 0.2) is 158 Å². The van der Waals surface area contributed by atoms with Crippen molar-refractivity contribution in [3.8, 4) is 11.1 Å². The first-order valence-corrected chi connectivity index (χ1v) is 13.9. The number of anilines is 6. The van der Waals surface area contributed by atoms with Crippen LogP contribution in [0.2, 0.25) is 0 Å². The highest BCUT2D eigenvalue weighted by molar-refractivity contribution is 5.80. The van der Waals surface area contributed by atoms with E-state index in [4.69, 9.17) is 0 Å². The average molecular weight is 533 g/mol. The molecule has 0 amide bonds. The van der Waals surface area contributed by atoms with Gasteiger partial charge in [-0.3, -0.25) is 0 Å². The van der Waals surface area contributed by atoms with Crippen molar-refractivity contribution in [3.05, 3.63) is 169 Å². The molecular weight excluding hydrogens is 500 g/mol. The molecule has 0 aliphatic carbocycles. The molecule has 41 heavy (non-hydrogen) atoms. The molecule has 3 heteroatoms. The van der Waals surface area contributed by atoms with Crippen molar-refractivity contribution in [2.45, 2.75) is 13.5 Å². The second-order valence-electron chi connectivity index (χ2n) is 10.1. The van der Waals surface area contributed by atoms with E-state index in [1.54, 1.807) is 0 Å². The van der Waals surface area contributed by atoms with Crippen molar-refractivity contribution < 1.29 is 5.11 Å². The van der Waals surface area contributed by atoms with Crippen molar-refractivity contribution in [2.24, 2.45) is 0 Å². The first-order chi connectivity index (χ1) is 20.2. The molecule has 1 N–H and O–H groups in total. The van der Waals surface area contributed by atoms with Crippen molar-refractivity contribution >= 4 is 34.1 Å². The zero-order chi connectivity index (χ0) is 28.0. The van der Waals surface area contributed by atoms with E-state index in [2.05, 4.69) is 132 Å². The van der Waals surface area contributed by atoms with Gasteiger partial charge in [-0.2, -0.15) is 0 Å². The van der Waals surface area contributed by atoms with E-state index in [0.29, 0.717) is 0 Å². The summed E-state index contributed by atoms with van der Waals surface area (Å²) in [5.74, 6) is 0. The minimum Gasteiger partial charge on any atom is -0.392 e. The van der Waals surface area contributed by atoms with Gasteiger partial charge in [-0.1, -0.05) is 84.9 Å². The van der Waals surface area contributed by atoms with Gasteiger partial charge in [0, 0.05) is 34.1 Å². The predicted octanol–water partition coefficient (Wildman–Crippen LogP) is 10.1. The van der Waals surface area contributed by atoms with Crippen LogP contribution < -0.4 is 9.80 Å². The molecule has 0 spiro atoms. The highest BCUT2D eigenvalue weighted by Crippen LogP contribution is 2.38. The van der Waals surface area contributed by atoms with Crippen LogP contribution in [0.1, 0.15) is 11.1 Å². The predicted molar refractivity (Wildman–Crippen MR) is 172 cm³/mol. The highest BCUT2D eigenvalue weighted by atomic mass is 16.3. The van der Waals surface area contributed by atoms with E-state index in [-0.39, 0.29) is 6.61 Å². The fourth-order valence-corrected chi connectivity index (χ4v) is 5.22. The second kappa shape index (κ2) is 12.0. The average Bonchev–Trinajstić information content (AvgIpc) is 3.03. The zero-order valence-corrected chi connectivity index (χ0v) is 23.1. The number of nitrogens with zero attached hydrogens (tertiary/aromatic N) is 2. The van der Waals surface area contributed by atoms with Crippen molar-refractivity contribution in [1.82, 2.24) is 0 Å². The van der Waals surface area contributed by atoms with Crippen LogP contribution in [0.3, 0.4) is 0 Å². The summed E-state index contributed by atoms with van der Waals surface area (Å²) in [6, 6.07) is 54.9. The Kier molecular flexibility index (Phi) is 7.61. The number of aliphatic hydroxyl groups is 1. The molecular formula is C38H32N2O. The Bertz CT molecular complexity index is 1710. The summed E-state index contributed by atoms with van der Waals surface area (Å²) in [7, 11) is 0. The molecule has 6 aromatic carbocycles. The maximum atomic E-state index is 9.72. The summed E-state index contributed by atoms with van der Waals surface area (Å²) < 4.78 is 0. The minimum absolute atomic E-state index is 0.0109. The van der Waals surface area contributed by atoms with Crippen LogP contribution in [0.4, 0.5) is 34.1 Å².